The molecule has 1 aromatic heterocycles. The molecule has 2 aliphatic heterocycles. The van der Waals surface area contributed by atoms with E-state index in [-0.39, 0.29) is 5.91 Å². The van der Waals surface area contributed by atoms with E-state index in [0.29, 0.717) is 25.3 Å². The second-order valence-electron chi connectivity index (χ2n) is 8.16. The van der Waals surface area contributed by atoms with Crippen molar-refractivity contribution in [3.8, 4) is 5.75 Å². The summed E-state index contributed by atoms with van der Waals surface area (Å²) in [5.41, 5.74) is 0.701. The molecule has 0 saturated carbocycles. The minimum Gasteiger partial charge on any atom is -0.494 e. The molecule has 0 unspecified atom stereocenters. The highest BCUT2D eigenvalue weighted by atomic mass is 16.5. The van der Waals surface area contributed by atoms with Crippen LogP contribution in [-0.4, -0.2) is 91.7 Å². The first-order chi connectivity index (χ1) is 15.0. The number of aryl methyl sites for hydroxylation is 1. The lowest BCUT2D eigenvalue weighted by atomic mass is 10.1. The zero-order valence-corrected chi connectivity index (χ0v) is 18.8. The first-order valence-electron chi connectivity index (χ1n) is 11.1. The Hall–Kier alpha value is -2.87. The van der Waals surface area contributed by atoms with Crippen LogP contribution >= 0.6 is 0 Å². The second kappa shape index (κ2) is 9.51. The number of aromatic nitrogens is 2. The Kier molecular flexibility index (Phi) is 6.56. The Bertz CT molecular complexity index is 887. The molecule has 3 heterocycles. The number of carbonyl (C=O) groups is 1. The molecule has 8 nitrogen and oxygen atoms in total. The fourth-order valence-corrected chi connectivity index (χ4v) is 4.08. The third-order valence-corrected chi connectivity index (χ3v) is 5.94. The Balaban J connectivity index is 1.38. The number of ether oxygens (including phenoxy) is 1. The monoisotopic (exact) mass is 424 g/mol. The van der Waals surface area contributed by atoms with Gasteiger partial charge in [0, 0.05) is 64.0 Å². The number of piperazine rings is 2. The molecule has 31 heavy (non-hydrogen) atoms. The molecule has 0 atom stereocenters. The highest BCUT2D eigenvalue weighted by molar-refractivity contribution is 5.94. The van der Waals surface area contributed by atoms with E-state index in [1.54, 1.807) is 0 Å². The van der Waals surface area contributed by atoms with Gasteiger partial charge in [-0.3, -0.25) is 4.79 Å². The fourth-order valence-electron chi connectivity index (χ4n) is 4.08. The summed E-state index contributed by atoms with van der Waals surface area (Å²) >= 11 is 0. The van der Waals surface area contributed by atoms with Crippen molar-refractivity contribution in [1.29, 1.82) is 0 Å². The first-order valence-corrected chi connectivity index (χ1v) is 11.1. The predicted octanol–water partition coefficient (Wildman–Crippen LogP) is 1.90. The van der Waals surface area contributed by atoms with Gasteiger partial charge in [0.2, 0.25) is 0 Å². The molecule has 4 rings (SSSR count). The van der Waals surface area contributed by atoms with Gasteiger partial charge in [0.1, 0.15) is 23.2 Å². The molecule has 2 aliphatic rings. The Labute approximate surface area is 184 Å². The number of benzene rings is 1. The minimum atomic E-state index is 0.0692. The van der Waals surface area contributed by atoms with Crippen LogP contribution in [0.25, 0.3) is 0 Å². The zero-order chi connectivity index (χ0) is 21.8. The number of rotatable bonds is 5. The molecule has 2 aromatic rings. The van der Waals surface area contributed by atoms with E-state index in [9.17, 15) is 4.79 Å². The summed E-state index contributed by atoms with van der Waals surface area (Å²) in [4.78, 5) is 31.1. The molecule has 0 bridgehead atoms. The maximum absolute atomic E-state index is 12.9. The van der Waals surface area contributed by atoms with Crippen molar-refractivity contribution in [2.75, 3.05) is 75.8 Å². The summed E-state index contributed by atoms with van der Waals surface area (Å²) in [6.45, 7) is 11.5. The van der Waals surface area contributed by atoms with Crippen LogP contribution in [0.2, 0.25) is 0 Å². The van der Waals surface area contributed by atoms with E-state index in [1.807, 2.05) is 43.0 Å². The summed E-state index contributed by atoms with van der Waals surface area (Å²) in [5.74, 6) is 3.61. The summed E-state index contributed by atoms with van der Waals surface area (Å²) in [6.07, 6.45) is 0. The molecule has 8 heteroatoms. The van der Waals surface area contributed by atoms with Crippen molar-refractivity contribution in [2.45, 2.75) is 13.8 Å². The van der Waals surface area contributed by atoms with E-state index in [1.165, 1.54) is 0 Å². The van der Waals surface area contributed by atoms with E-state index in [4.69, 9.17) is 4.74 Å². The summed E-state index contributed by atoms with van der Waals surface area (Å²) in [6, 6.07) is 9.50. The lowest BCUT2D eigenvalue weighted by molar-refractivity contribution is 0.0746. The maximum atomic E-state index is 12.9. The fraction of sp³-hybridized carbons (Fsp3) is 0.522. The Morgan fingerprint density at radius 3 is 2.00 bits per heavy atom. The van der Waals surface area contributed by atoms with Gasteiger partial charge in [-0.05, 0) is 45.2 Å². The quantitative estimate of drug-likeness (QED) is 0.726. The SMILES string of the molecule is CCOc1ccc(C(=O)N2CCN(c3cc(N4CCN(C)CC4)nc(C)n3)CC2)cc1. The maximum Gasteiger partial charge on any atom is 0.253 e. The van der Waals surface area contributed by atoms with Gasteiger partial charge < -0.3 is 24.3 Å². The van der Waals surface area contributed by atoms with Crippen LogP contribution in [0, 0.1) is 6.92 Å². The highest BCUT2D eigenvalue weighted by Gasteiger charge is 2.24. The van der Waals surface area contributed by atoms with Crippen LogP contribution in [0.5, 0.6) is 5.75 Å². The van der Waals surface area contributed by atoms with Gasteiger partial charge in [-0.25, -0.2) is 9.97 Å². The van der Waals surface area contributed by atoms with Gasteiger partial charge in [0.25, 0.3) is 5.91 Å². The van der Waals surface area contributed by atoms with Gasteiger partial charge >= 0.3 is 0 Å². The standard InChI is InChI=1S/C23H32N6O2/c1-4-31-20-7-5-19(6-8-20)23(30)29-15-13-28(14-16-29)22-17-21(24-18(2)25-22)27-11-9-26(3)10-12-27/h5-8,17H,4,9-16H2,1-3H3. The number of hydrogen-bond acceptors (Lipinski definition) is 7. The normalized spacial score (nSPS) is 17.7. The number of nitrogens with zero attached hydrogens (tertiary/aromatic N) is 6. The molecule has 2 fully saturated rings. The summed E-state index contributed by atoms with van der Waals surface area (Å²) in [7, 11) is 2.15. The number of hydrogen-bond donors (Lipinski definition) is 0. The highest BCUT2D eigenvalue weighted by Crippen LogP contribution is 2.22. The number of amides is 1. The van der Waals surface area contributed by atoms with Gasteiger partial charge in [-0.1, -0.05) is 0 Å². The largest absolute Gasteiger partial charge is 0.494 e. The third kappa shape index (κ3) is 5.07. The van der Waals surface area contributed by atoms with Crippen LogP contribution in [0.15, 0.2) is 30.3 Å². The smallest absolute Gasteiger partial charge is 0.253 e. The van der Waals surface area contributed by atoms with E-state index in [2.05, 4.69) is 37.8 Å². The zero-order valence-electron chi connectivity index (χ0n) is 18.8. The van der Waals surface area contributed by atoms with Crippen molar-refractivity contribution < 1.29 is 9.53 Å². The Morgan fingerprint density at radius 1 is 0.903 bits per heavy atom. The molecule has 1 amide bonds. The Morgan fingerprint density at radius 2 is 1.45 bits per heavy atom. The average molecular weight is 425 g/mol. The van der Waals surface area contributed by atoms with E-state index >= 15 is 0 Å². The molecule has 0 spiro atoms. The van der Waals surface area contributed by atoms with Gasteiger partial charge in [-0.15, -0.1) is 0 Å². The van der Waals surface area contributed by atoms with Crippen LogP contribution in [0.4, 0.5) is 11.6 Å². The lowest BCUT2D eigenvalue weighted by Crippen LogP contribution is -2.49. The van der Waals surface area contributed by atoms with Gasteiger partial charge in [0.05, 0.1) is 6.61 Å². The van der Waals surface area contributed by atoms with Crippen molar-refractivity contribution in [2.24, 2.45) is 0 Å². The van der Waals surface area contributed by atoms with Crippen LogP contribution in [0.3, 0.4) is 0 Å². The average Bonchev–Trinajstić information content (AvgIpc) is 2.79. The van der Waals surface area contributed by atoms with Gasteiger partial charge in [0.15, 0.2) is 0 Å². The van der Waals surface area contributed by atoms with Crippen LogP contribution in [0.1, 0.15) is 23.1 Å². The van der Waals surface area contributed by atoms with Crippen molar-refractivity contribution in [3.05, 3.63) is 41.7 Å². The number of likely N-dealkylation sites (N-methyl/N-ethyl adjacent to an activating group) is 1. The van der Waals surface area contributed by atoms with Crippen LogP contribution < -0.4 is 14.5 Å². The third-order valence-electron chi connectivity index (χ3n) is 5.94. The lowest BCUT2D eigenvalue weighted by Gasteiger charge is -2.37. The van der Waals surface area contributed by atoms with Crippen LogP contribution in [-0.2, 0) is 0 Å². The van der Waals surface area contributed by atoms with Gasteiger partial charge in [-0.2, -0.15) is 0 Å². The minimum absolute atomic E-state index is 0.0692. The second-order valence-corrected chi connectivity index (χ2v) is 8.16. The molecular weight excluding hydrogens is 392 g/mol. The topological polar surface area (TPSA) is 65.0 Å². The molecule has 1 aromatic carbocycles. The van der Waals surface area contributed by atoms with Crippen molar-refractivity contribution >= 4 is 17.5 Å². The molecule has 0 aliphatic carbocycles. The van der Waals surface area contributed by atoms with Crippen molar-refractivity contribution in [3.63, 3.8) is 0 Å². The number of anilines is 2. The molecular formula is C23H32N6O2. The molecule has 2 saturated heterocycles. The summed E-state index contributed by atoms with van der Waals surface area (Å²) in [5, 5.41) is 0. The van der Waals surface area contributed by atoms with E-state index in [0.717, 1.165) is 62.5 Å². The molecule has 166 valence electrons. The first kappa shape index (κ1) is 21.4. The summed E-state index contributed by atoms with van der Waals surface area (Å²) < 4.78 is 5.47. The van der Waals surface area contributed by atoms with E-state index < -0.39 is 0 Å². The number of carbonyl (C=O) groups excluding carboxylic acids is 1. The predicted molar refractivity (Wildman–Crippen MR) is 122 cm³/mol. The molecule has 0 radical (unpaired) electrons. The molecule has 0 N–H and O–H groups in total. The van der Waals surface area contributed by atoms with Crippen molar-refractivity contribution in [1.82, 2.24) is 19.8 Å².